The van der Waals surface area contributed by atoms with Crippen LogP contribution in [0.2, 0.25) is 0 Å². The third-order valence-electron chi connectivity index (χ3n) is 6.45. The third-order valence-corrected chi connectivity index (χ3v) is 7.65. The molecule has 2 aromatic heterocycles. The van der Waals surface area contributed by atoms with Crippen LogP contribution in [0.5, 0.6) is 0 Å². The molecule has 1 amide bonds. The second-order valence-corrected chi connectivity index (χ2v) is 9.69. The van der Waals surface area contributed by atoms with E-state index < -0.39 is 24.2 Å². The molecule has 5 rings (SSSR count). The molecule has 10 heteroatoms. The first kappa shape index (κ1) is 22.5. The number of nitrogens with zero attached hydrogens (tertiary/aromatic N) is 3. The number of halogens is 3. The summed E-state index contributed by atoms with van der Waals surface area (Å²) in [4.78, 5) is 14.3. The van der Waals surface area contributed by atoms with Crippen molar-refractivity contribution in [1.82, 2.24) is 9.78 Å². The minimum atomic E-state index is -4.52. The molecule has 1 aromatic carbocycles. The van der Waals surface area contributed by atoms with E-state index >= 15 is 0 Å². The molecule has 6 nitrogen and oxygen atoms in total. The van der Waals surface area contributed by atoms with Crippen LogP contribution in [0.1, 0.15) is 69.7 Å². The van der Waals surface area contributed by atoms with Crippen LogP contribution in [-0.2, 0) is 12.8 Å². The number of carbonyl (C=O) groups is 1. The SMILES string of the molecule is N#Cc1c(NC(=O)c2cnn3c2N[C@@H](c2ccccc2)C[C@@H]3C(F)(F)F)sc2c1CCCCC2. The molecule has 34 heavy (non-hydrogen) atoms. The van der Waals surface area contributed by atoms with Crippen LogP contribution in [0.15, 0.2) is 36.5 Å². The monoisotopic (exact) mass is 485 g/mol. The molecule has 176 valence electrons. The highest BCUT2D eigenvalue weighted by Gasteiger charge is 2.47. The summed E-state index contributed by atoms with van der Waals surface area (Å²) < 4.78 is 42.6. The number of hydrogen-bond donors (Lipinski definition) is 2. The fraction of sp³-hybridized carbons (Fsp3) is 0.375. The Kier molecular flexibility index (Phi) is 5.81. The molecule has 3 aromatic rings. The van der Waals surface area contributed by atoms with Gasteiger partial charge >= 0.3 is 6.18 Å². The summed E-state index contributed by atoms with van der Waals surface area (Å²) in [5.74, 6) is -0.562. The Morgan fingerprint density at radius 2 is 1.97 bits per heavy atom. The summed E-state index contributed by atoms with van der Waals surface area (Å²) in [7, 11) is 0. The maximum atomic E-state index is 13.9. The van der Waals surface area contributed by atoms with Gasteiger partial charge in [-0.15, -0.1) is 11.3 Å². The Bertz CT molecular complexity index is 1260. The fourth-order valence-electron chi connectivity index (χ4n) is 4.75. The van der Waals surface area contributed by atoms with Gasteiger partial charge in [-0.2, -0.15) is 23.5 Å². The number of anilines is 2. The molecular formula is C24H22F3N5OS. The predicted molar refractivity (Wildman–Crippen MR) is 123 cm³/mol. The summed E-state index contributed by atoms with van der Waals surface area (Å²) in [6.45, 7) is 0. The lowest BCUT2D eigenvalue weighted by Gasteiger charge is -2.34. The van der Waals surface area contributed by atoms with Crippen LogP contribution < -0.4 is 10.6 Å². The van der Waals surface area contributed by atoms with E-state index in [0.29, 0.717) is 16.1 Å². The Hall–Kier alpha value is -3.32. The number of rotatable bonds is 3. The lowest BCUT2D eigenvalue weighted by molar-refractivity contribution is -0.173. The number of benzene rings is 1. The normalized spacial score (nSPS) is 19.8. The van der Waals surface area contributed by atoms with Gasteiger partial charge in [-0.3, -0.25) is 4.79 Å². The Labute approximate surface area is 198 Å². The molecule has 2 aliphatic rings. The van der Waals surface area contributed by atoms with Crippen LogP contribution in [0.4, 0.5) is 24.0 Å². The maximum absolute atomic E-state index is 13.9. The van der Waals surface area contributed by atoms with Gasteiger partial charge in [-0.25, -0.2) is 4.68 Å². The van der Waals surface area contributed by atoms with E-state index in [0.717, 1.165) is 53.4 Å². The van der Waals surface area contributed by atoms with Crippen molar-refractivity contribution < 1.29 is 18.0 Å². The van der Waals surface area contributed by atoms with E-state index in [9.17, 15) is 23.2 Å². The van der Waals surface area contributed by atoms with Crippen molar-refractivity contribution in [3.63, 3.8) is 0 Å². The molecule has 0 radical (unpaired) electrons. The van der Waals surface area contributed by atoms with Crippen molar-refractivity contribution in [3.8, 4) is 6.07 Å². The summed E-state index contributed by atoms with van der Waals surface area (Å²) >= 11 is 1.38. The molecule has 0 saturated heterocycles. The summed E-state index contributed by atoms with van der Waals surface area (Å²) in [5.41, 5.74) is 2.16. The number of aromatic nitrogens is 2. The van der Waals surface area contributed by atoms with Crippen LogP contribution >= 0.6 is 11.3 Å². The Balaban J connectivity index is 1.48. The summed E-state index contributed by atoms with van der Waals surface area (Å²) in [6, 6.07) is 8.57. The van der Waals surface area contributed by atoms with E-state index in [4.69, 9.17) is 0 Å². The number of nitrogens with one attached hydrogen (secondary N) is 2. The van der Waals surface area contributed by atoms with Gasteiger partial charge in [0.25, 0.3) is 5.91 Å². The molecule has 1 aliphatic carbocycles. The number of alkyl halides is 3. The molecule has 0 bridgehead atoms. The van der Waals surface area contributed by atoms with Crippen molar-refractivity contribution in [2.45, 2.75) is 56.8 Å². The highest BCUT2D eigenvalue weighted by atomic mass is 32.1. The van der Waals surface area contributed by atoms with E-state index in [2.05, 4.69) is 21.8 Å². The molecule has 0 unspecified atom stereocenters. The number of thiophene rings is 1. The first-order valence-corrected chi connectivity index (χ1v) is 12.0. The van der Waals surface area contributed by atoms with Crippen LogP contribution in [-0.4, -0.2) is 21.9 Å². The number of hydrogen-bond acceptors (Lipinski definition) is 5. The van der Waals surface area contributed by atoms with Crippen LogP contribution in [0.25, 0.3) is 0 Å². The van der Waals surface area contributed by atoms with E-state index in [1.54, 1.807) is 30.3 Å². The standard InChI is InChI=1S/C24H22F3N5OS/c25-24(26,27)20-11-18(14-7-3-1-4-8-14)30-21-17(13-29-32(20)21)22(33)31-23-16(12-28)15-9-5-2-6-10-19(15)34-23/h1,3-4,7-8,13,18,20,30H,2,5-6,9-11H2,(H,31,33)/t18-,20-/m1/s1. The largest absolute Gasteiger partial charge is 0.410 e. The zero-order valence-electron chi connectivity index (χ0n) is 18.2. The lowest BCUT2D eigenvalue weighted by atomic mass is 9.96. The van der Waals surface area contributed by atoms with E-state index in [1.807, 2.05) is 0 Å². The quantitative estimate of drug-likeness (QED) is 0.446. The third kappa shape index (κ3) is 4.05. The van der Waals surface area contributed by atoms with Gasteiger partial charge in [0, 0.05) is 11.3 Å². The number of amides is 1. The molecule has 2 atom stereocenters. The van der Waals surface area contributed by atoms with E-state index in [-0.39, 0.29) is 17.8 Å². The van der Waals surface area contributed by atoms with Crippen molar-refractivity contribution in [1.29, 1.82) is 5.26 Å². The highest BCUT2D eigenvalue weighted by Crippen LogP contribution is 2.44. The van der Waals surface area contributed by atoms with Gasteiger partial charge in [-0.05, 0) is 36.8 Å². The number of nitriles is 1. The van der Waals surface area contributed by atoms with Crippen LogP contribution in [0.3, 0.4) is 0 Å². The molecule has 0 spiro atoms. The lowest BCUT2D eigenvalue weighted by Crippen LogP contribution is -2.36. The molecular weight excluding hydrogens is 463 g/mol. The highest BCUT2D eigenvalue weighted by molar-refractivity contribution is 7.16. The van der Waals surface area contributed by atoms with Crippen molar-refractivity contribution in [2.24, 2.45) is 0 Å². The second kappa shape index (κ2) is 8.80. The number of carbonyl (C=O) groups excluding carboxylic acids is 1. The molecule has 2 N–H and O–H groups in total. The second-order valence-electron chi connectivity index (χ2n) is 8.59. The smallest absolute Gasteiger partial charge is 0.363 e. The van der Waals surface area contributed by atoms with Gasteiger partial charge in [0.05, 0.1) is 17.8 Å². The molecule has 0 saturated carbocycles. The summed E-state index contributed by atoms with van der Waals surface area (Å²) in [5, 5.41) is 20.0. The minimum Gasteiger partial charge on any atom is -0.363 e. The van der Waals surface area contributed by atoms with Gasteiger partial charge in [0.1, 0.15) is 22.5 Å². The van der Waals surface area contributed by atoms with Crippen molar-refractivity contribution in [2.75, 3.05) is 10.6 Å². The van der Waals surface area contributed by atoms with Gasteiger partial charge in [0.2, 0.25) is 0 Å². The number of fused-ring (bicyclic) bond motifs is 2. The topological polar surface area (TPSA) is 82.7 Å². The summed E-state index contributed by atoms with van der Waals surface area (Å²) in [6.07, 6.45) is 1.18. The first-order valence-electron chi connectivity index (χ1n) is 11.2. The van der Waals surface area contributed by atoms with Crippen molar-refractivity contribution >= 4 is 28.1 Å². The Morgan fingerprint density at radius 3 is 2.71 bits per heavy atom. The van der Waals surface area contributed by atoms with Gasteiger partial charge in [-0.1, -0.05) is 36.8 Å². The minimum absolute atomic E-state index is 0.0161. The maximum Gasteiger partial charge on any atom is 0.410 e. The fourth-order valence-corrected chi connectivity index (χ4v) is 5.99. The Morgan fingerprint density at radius 1 is 1.21 bits per heavy atom. The van der Waals surface area contributed by atoms with Gasteiger partial charge in [0.15, 0.2) is 6.04 Å². The molecule has 0 fully saturated rings. The van der Waals surface area contributed by atoms with Crippen LogP contribution in [0, 0.1) is 11.3 Å². The zero-order chi connectivity index (χ0) is 23.9. The predicted octanol–water partition coefficient (Wildman–Crippen LogP) is 6.00. The van der Waals surface area contributed by atoms with E-state index in [1.165, 1.54) is 11.3 Å². The first-order chi connectivity index (χ1) is 16.4. The number of aryl methyl sites for hydroxylation is 1. The zero-order valence-corrected chi connectivity index (χ0v) is 19.0. The molecule has 3 heterocycles. The van der Waals surface area contributed by atoms with Crippen molar-refractivity contribution in [3.05, 3.63) is 63.7 Å². The van der Waals surface area contributed by atoms with Gasteiger partial charge < -0.3 is 10.6 Å². The average molecular weight is 486 g/mol. The average Bonchev–Trinajstić information content (AvgIpc) is 3.31. The molecule has 1 aliphatic heterocycles.